The van der Waals surface area contributed by atoms with Crippen molar-refractivity contribution in [1.82, 2.24) is 5.32 Å². The number of carbonyl (C=O) groups is 2. The predicted molar refractivity (Wildman–Crippen MR) is 149 cm³/mol. The number of benzene rings is 2. The average molecular weight is 708 g/mol. The van der Waals surface area contributed by atoms with Crippen molar-refractivity contribution < 1.29 is 58.0 Å². The summed E-state index contributed by atoms with van der Waals surface area (Å²) in [6.45, 7) is 6.30. The third-order valence-electron chi connectivity index (χ3n) is 5.23. The van der Waals surface area contributed by atoms with Gasteiger partial charge in [-0.2, -0.15) is 0 Å². The Labute approximate surface area is 262 Å². The van der Waals surface area contributed by atoms with Crippen LogP contribution in [0.1, 0.15) is 55.3 Å². The van der Waals surface area contributed by atoms with Gasteiger partial charge in [-0.15, -0.1) is 0 Å². The van der Waals surface area contributed by atoms with E-state index in [2.05, 4.69) is 20.5 Å². The molecule has 1 N–H and O–H groups in total. The molecule has 0 aromatic heterocycles. The molecule has 0 aliphatic rings. The predicted octanol–water partition coefficient (Wildman–Crippen LogP) is 8.55. The lowest BCUT2D eigenvalue weighted by Gasteiger charge is -2.28. The summed E-state index contributed by atoms with van der Waals surface area (Å²) in [6.07, 6.45) is 0.267. The van der Waals surface area contributed by atoms with Crippen LogP contribution in [-0.2, 0) is 13.3 Å². The Morgan fingerprint density at radius 3 is 1.37 bits per heavy atom. The Bertz CT molecular complexity index is 1420. The molecule has 0 saturated carbocycles. The second kappa shape index (κ2) is 19.5. The second-order valence-corrected chi connectivity index (χ2v) is 11.0. The number of nitrogens with zero attached hydrogens (tertiary/aromatic N) is 6. The molecule has 12 nitrogen and oxygen atoms in total. The minimum absolute atomic E-state index is 0. The highest BCUT2D eigenvalue weighted by Crippen LogP contribution is 2.32. The summed E-state index contributed by atoms with van der Waals surface area (Å²) in [7, 11) is -2.97. The van der Waals surface area contributed by atoms with Crippen molar-refractivity contribution in [1.29, 1.82) is 0 Å². The minimum atomic E-state index is -2.97. The number of hydrogen-bond donors (Lipinski definition) is 1. The largest absolute Gasteiger partial charge is 0.500 e. The maximum atomic E-state index is 14.0. The zero-order chi connectivity index (χ0) is 34.5. The maximum absolute atomic E-state index is 14.0. The van der Waals surface area contributed by atoms with Gasteiger partial charge in [0.1, 0.15) is 22.5 Å². The van der Waals surface area contributed by atoms with Crippen LogP contribution < -0.4 is 5.32 Å². The highest BCUT2D eigenvalue weighted by atomic mass is 35.5. The monoisotopic (exact) mass is 707 g/mol. The Morgan fingerprint density at radius 2 is 1.07 bits per heavy atom. The highest BCUT2D eigenvalue weighted by Gasteiger charge is 2.39. The molecule has 22 heteroatoms. The molecular formula is C24H26ClF8N7O5Si. The molecule has 0 spiro atoms. The van der Waals surface area contributed by atoms with Gasteiger partial charge in [0.2, 0.25) is 0 Å². The number of rotatable bonds is 14. The summed E-state index contributed by atoms with van der Waals surface area (Å²) in [5, 5.41) is 5.47. The van der Waals surface area contributed by atoms with Gasteiger partial charge in [-0.1, -0.05) is 17.7 Å². The lowest BCUT2D eigenvalue weighted by molar-refractivity contribution is 0.0704. The van der Waals surface area contributed by atoms with Gasteiger partial charge in [-0.25, -0.2) is 35.1 Å². The van der Waals surface area contributed by atoms with Gasteiger partial charge in [0.25, 0.3) is 11.1 Å². The third kappa shape index (κ3) is 10.0. The summed E-state index contributed by atoms with van der Waals surface area (Å²) in [4.78, 5) is 26.6. The van der Waals surface area contributed by atoms with E-state index < -0.39 is 89.0 Å². The smallest absolute Gasteiger partial charge is 0.374 e. The van der Waals surface area contributed by atoms with Gasteiger partial charge in [-0.05, 0) is 49.9 Å². The summed E-state index contributed by atoms with van der Waals surface area (Å²) in [5.41, 5.74) is 10.1. The molecule has 1 amide bonds. The van der Waals surface area contributed by atoms with Crippen LogP contribution in [0.2, 0.25) is 6.04 Å². The molecule has 0 saturated heterocycles. The van der Waals surface area contributed by atoms with E-state index in [9.17, 15) is 44.7 Å². The fourth-order valence-electron chi connectivity index (χ4n) is 3.47. The molecule has 2 aromatic carbocycles. The topological polar surface area (TPSA) is 171 Å². The fourth-order valence-corrected chi connectivity index (χ4v) is 6.25. The van der Waals surface area contributed by atoms with Gasteiger partial charge < -0.3 is 18.6 Å². The van der Waals surface area contributed by atoms with Gasteiger partial charge in [0.05, 0.1) is 0 Å². The quantitative estimate of drug-likeness (QED) is 0.0302. The van der Waals surface area contributed by atoms with E-state index in [0.717, 1.165) is 0 Å². The molecule has 0 bridgehead atoms. The molecule has 0 unspecified atom stereocenters. The molecule has 0 aliphatic carbocycles. The van der Waals surface area contributed by atoms with Crippen molar-refractivity contribution in [3.63, 3.8) is 0 Å². The lowest BCUT2D eigenvalue weighted by atomic mass is 10.1. The number of nitrogens with one attached hydrogen (secondary N) is 1. The van der Waals surface area contributed by atoms with Crippen LogP contribution in [0.4, 0.5) is 46.5 Å². The summed E-state index contributed by atoms with van der Waals surface area (Å²) in [6, 6.07) is 0.312. The molecule has 46 heavy (non-hydrogen) atoms. The number of hydrogen-bond acceptors (Lipinski definition) is 7. The van der Waals surface area contributed by atoms with Gasteiger partial charge in [0.15, 0.2) is 46.5 Å². The third-order valence-corrected chi connectivity index (χ3v) is 8.57. The zero-order valence-electron chi connectivity index (χ0n) is 23.4. The van der Waals surface area contributed by atoms with E-state index in [1.54, 1.807) is 20.8 Å². The minimum Gasteiger partial charge on any atom is -0.374 e. The number of azide groups is 2. The average Bonchev–Trinajstić information content (AvgIpc) is 2.98. The Hall–Kier alpha value is -3.97. The van der Waals surface area contributed by atoms with E-state index in [1.165, 1.54) is 0 Å². The van der Waals surface area contributed by atoms with Crippen molar-refractivity contribution in [3.05, 3.63) is 78.6 Å². The van der Waals surface area contributed by atoms with Crippen LogP contribution >= 0.6 is 11.6 Å². The number of halogens is 9. The van der Waals surface area contributed by atoms with E-state index >= 15 is 0 Å². The van der Waals surface area contributed by atoms with Gasteiger partial charge >= 0.3 is 8.80 Å². The first-order valence-corrected chi connectivity index (χ1v) is 14.7. The Balaban J connectivity index is 0.00000101. The zero-order valence-corrected chi connectivity index (χ0v) is 25.1. The van der Waals surface area contributed by atoms with Crippen LogP contribution in [-0.4, -0.2) is 46.3 Å². The molecule has 0 atom stereocenters. The second-order valence-electron chi connectivity index (χ2n) is 7.95. The summed E-state index contributed by atoms with van der Waals surface area (Å²) < 4.78 is 124. The van der Waals surface area contributed by atoms with E-state index in [-0.39, 0.29) is 20.4 Å². The fraction of sp³-hybridized carbons (Fsp3) is 0.417. The van der Waals surface area contributed by atoms with Crippen molar-refractivity contribution in [2.75, 3.05) is 26.4 Å². The van der Waals surface area contributed by atoms with Gasteiger partial charge in [0, 0.05) is 42.2 Å². The van der Waals surface area contributed by atoms with E-state index in [1.807, 2.05) is 4.91 Å². The van der Waals surface area contributed by atoms with E-state index in [0.29, 0.717) is 25.9 Å². The van der Waals surface area contributed by atoms with Crippen LogP contribution in [0.5, 0.6) is 0 Å². The molecule has 0 aliphatic heterocycles. The molecular weight excluding hydrogens is 682 g/mol. The van der Waals surface area contributed by atoms with Crippen LogP contribution in [0.15, 0.2) is 10.2 Å². The maximum Gasteiger partial charge on any atom is 0.500 e. The molecule has 2 aromatic rings. The lowest BCUT2D eigenvalue weighted by Crippen LogP contribution is -2.46. The van der Waals surface area contributed by atoms with Crippen LogP contribution in [0, 0.1) is 46.5 Å². The Kier molecular flexibility index (Phi) is 17.8. The van der Waals surface area contributed by atoms with Crippen molar-refractivity contribution in [2.24, 2.45) is 10.2 Å². The molecule has 0 fully saturated rings. The highest BCUT2D eigenvalue weighted by molar-refractivity contribution is 6.67. The first kappa shape index (κ1) is 42.0. The first-order valence-electron chi connectivity index (χ1n) is 12.4. The standard InChI is InChI=1S/C16H22F4N4O4Si.C7ClF4N3O.CH4/c1-4-26-29(27-5-2,28-6-3)9-7-8-22-16(25)10-11(17)13(19)15(23-24-21)14(20)12(10)18;8-7(16)1-2(9)4(11)6(14-15-13)5(12)3(1)10;/h4-9H2,1-3H3,(H,22,25);;1H4. The van der Waals surface area contributed by atoms with Crippen molar-refractivity contribution >= 4 is 42.9 Å². The Morgan fingerprint density at radius 1 is 0.717 bits per heavy atom. The van der Waals surface area contributed by atoms with Crippen molar-refractivity contribution in [2.45, 2.75) is 40.7 Å². The van der Waals surface area contributed by atoms with Crippen molar-refractivity contribution in [3.8, 4) is 0 Å². The molecule has 2 rings (SSSR count). The van der Waals surface area contributed by atoms with E-state index in [4.69, 9.17) is 35.9 Å². The van der Waals surface area contributed by atoms with Gasteiger partial charge in [-0.3, -0.25) is 9.59 Å². The van der Waals surface area contributed by atoms with Crippen LogP contribution in [0.3, 0.4) is 0 Å². The first-order chi connectivity index (χ1) is 21.2. The molecule has 254 valence electrons. The SMILES string of the molecule is C.CCO[Si](CCCNC(=O)c1c(F)c(F)c(N=[N+]=[N-])c(F)c1F)(OCC)OCC.[N-]=[N+]=Nc1c(F)c(F)c(C(=O)Cl)c(F)c1F. The van der Waals surface area contributed by atoms with Crippen LogP contribution in [0.25, 0.3) is 20.9 Å². The summed E-state index contributed by atoms with van der Waals surface area (Å²) in [5.74, 6) is -17.2. The number of carbonyl (C=O) groups excluding carboxylic acids is 2. The summed E-state index contributed by atoms with van der Waals surface area (Å²) >= 11 is 4.73. The molecule has 0 radical (unpaired) electrons. The molecule has 0 heterocycles. The normalized spacial score (nSPS) is 10.5. The number of amides is 1.